The minimum Gasteiger partial charge on any atom is -0.497 e. The summed E-state index contributed by atoms with van der Waals surface area (Å²) < 4.78 is 17.1. The molecule has 2 aliphatic heterocycles. The van der Waals surface area contributed by atoms with E-state index in [2.05, 4.69) is 39.5 Å². The van der Waals surface area contributed by atoms with Crippen molar-refractivity contribution in [1.29, 1.82) is 0 Å². The average molecular weight is 373 g/mol. The fourth-order valence-corrected chi connectivity index (χ4v) is 4.23. The Kier molecular flexibility index (Phi) is 5.55. The third kappa shape index (κ3) is 4.06. The van der Waals surface area contributed by atoms with Crippen LogP contribution in [0.2, 0.25) is 0 Å². The highest BCUT2D eigenvalue weighted by molar-refractivity contribution is 5.80. The molecule has 2 unspecified atom stereocenters. The van der Waals surface area contributed by atoms with Crippen molar-refractivity contribution in [2.24, 2.45) is 4.99 Å². The summed E-state index contributed by atoms with van der Waals surface area (Å²) in [6.07, 6.45) is 5.06. The van der Waals surface area contributed by atoms with Crippen molar-refractivity contribution in [2.45, 2.75) is 43.3 Å². The summed E-state index contributed by atoms with van der Waals surface area (Å²) in [5.41, 5.74) is 1.60. The number of methoxy groups -OCH3 is 1. The van der Waals surface area contributed by atoms with Crippen LogP contribution in [0.4, 0.5) is 0 Å². The largest absolute Gasteiger partial charge is 0.497 e. The maximum absolute atomic E-state index is 5.97. The number of aliphatic imine (C=N–C) groups is 1. The molecular formula is C21H31N3O3. The van der Waals surface area contributed by atoms with E-state index >= 15 is 0 Å². The van der Waals surface area contributed by atoms with E-state index in [0.29, 0.717) is 0 Å². The lowest BCUT2D eigenvalue weighted by Crippen LogP contribution is -2.54. The van der Waals surface area contributed by atoms with Crippen LogP contribution in [-0.2, 0) is 14.9 Å². The monoisotopic (exact) mass is 373 g/mol. The molecule has 1 aliphatic carbocycles. The zero-order chi connectivity index (χ0) is 18.7. The fourth-order valence-electron chi connectivity index (χ4n) is 4.23. The molecular weight excluding hydrogens is 342 g/mol. The molecule has 2 heterocycles. The van der Waals surface area contributed by atoms with Crippen molar-refractivity contribution in [2.75, 3.05) is 47.0 Å². The lowest BCUT2D eigenvalue weighted by molar-refractivity contribution is -0.0817. The molecule has 6 nitrogen and oxygen atoms in total. The van der Waals surface area contributed by atoms with Crippen molar-refractivity contribution in [3.8, 4) is 5.75 Å². The minimum atomic E-state index is 0.149. The number of benzene rings is 1. The number of ether oxygens (including phenoxy) is 3. The van der Waals surface area contributed by atoms with Crippen molar-refractivity contribution < 1.29 is 14.2 Å². The van der Waals surface area contributed by atoms with Gasteiger partial charge in [0.2, 0.25) is 0 Å². The number of morpholine rings is 1. The quantitative estimate of drug-likeness (QED) is 0.633. The molecule has 148 valence electrons. The van der Waals surface area contributed by atoms with Gasteiger partial charge in [-0.2, -0.15) is 0 Å². The Hall–Kier alpha value is -1.79. The number of hydrogen-bond donors (Lipinski definition) is 1. The highest BCUT2D eigenvalue weighted by atomic mass is 16.5. The van der Waals surface area contributed by atoms with Crippen LogP contribution >= 0.6 is 0 Å². The summed E-state index contributed by atoms with van der Waals surface area (Å²) in [4.78, 5) is 6.86. The first kappa shape index (κ1) is 18.6. The Balaban J connectivity index is 1.36. The molecule has 0 spiro atoms. The Morgan fingerprint density at radius 2 is 2.00 bits per heavy atom. The van der Waals surface area contributed by atoms with E-state index in [4.69, 9.17) is 14.2 Å². The molecule has 0 radical (unpaired) electrons. The topological polar surface area (TPSA) is 55.3 Å². The maximum Gasteiger partial charge on any atom is 0.193 e. The second kappa shape index (κ2) is 8.07. The second-order valence-corrected chi connectivity index (χ2v) is 7.82. The first-order valence-electron chi connectivity index (χ1n) is 10.1. The van der Waals surface area contributed by atoms with Gasteiger partial charge < -0.3 is 24.4 Å². The number of rotatable bonds is 5. The van der Waals surface area contributed by atoms with Crippen LogP contribution in [0.1, 0.15) is 31.2 Å². The van der Waals surface area contributed by atoms with Gasteiger partial charge in [-0.05, 0) is 43.4 Å². The third-order valence-electron chi connectivity index (χ3n) is 6.13. The molecule has 3 fully saturated rings. The molecule has 1 aromatic rings. The van der Waals surface area contributed by atoms with E-state index in [1.807, 2.05) is 7.05 Å². The van der Waals surface area contributed by atoms with Crippen LogP contribution in [0.15, 0.2) is 29.3 Å². The molecule has 4 rings (SSSR count). The summed E-state index contributed by atoms with van der Waals surface area (Å²) in [5, 5.41) is 3.63. The van der Waals surface area contributed by atoms with Crippen LogP contribution in [0.3, 0.4) is 0 Å². The van der Waals surface area contributed by atoms with E-state index in [1.54, 1.807) is 7.11 Å². The van der Waals surface area contributed by atoms with Gasteiger partial charge in [-0.1, -0.05) is 12.1 Å². The van der Waals surface area contributed by atoms with Gasteiger partial charge in [-0.25, -0.2) is 0 Å². The van der Waals surface area contributed by atoms with Crippen LogP contribution in [0, 0.1) is 0 Å². The first-order valence-corrected chi connectivity index (χ1v) is 10.1. The summed E-state index contributed by atoms with van der Waals surface area (Å²) in [6, 6.07) is 8.49. The van der Waals surface area contributed by atoms with Gasteiger partial charge in [0.05, 0.1) is 19.8 Å². The molecule has 6 heteroatoms. The Bertz CT molecular complexity index is 651. The average Bonchev–Trinajstić information content (AvgIpc) is 3.31. The Morgan fingerprint density at radius 1 is 1.22 bits per heavy atom. The van der Waals surface area contributed by atoms with Crippen LogP contribution in [-0.4, -0.2) is 70.1 Å². The standard InChI is InChI=1S/C21H31N3O3/c1-22-20(24-11-13-27-19(14-24)18-4-3-12-26-18)23-15-21(9-10-21)16-5-7-17(25-2)8-6-16/h5-8,18-19H,3-4,9-15H2,1-2H3,(H,22,23). The van der Waals surface area contributed by atoms with Gasteiger partial charge in [0.15, 0.2) is 5.96 Å². The van der Waals surface area contributed by atoms with Crippen LogP contribution in [0.5, 0.6) is 5.75 Å². The van der Waals surface area contributed by atoms with E-state index < -0.39 is 0 Å². The number of nitrogens with zero attached hydrogens (tertiary/aromatic N) is 2. The molecule has 0 aromatic heterocycles. The maximum atomic E-state index is 5.97. The first-order chi connectivity index (χ1) is 13.2. The predicted molar refractivity (Wildman–Crippen MR) is 106 cm³/mol. The molecule has 27 heavy (non-hydrogen) atoms. The molecule has 0 bridgehead atoms. The van der Waals surface area contributed by atoms with Crippen LogP contribution in [0.25, 0.3) is 0 Å². The summed E-state index contributed by atoms with van der Waals surface area (Å²) >= 11 is 0. The Morgan fingerprint density at radius 3 is 2.63 bits per heavy atom. The van der Waals surface area contributed by atoms with E-state index in [1.165, 1.54) is 18.4 Å². The fraction of sp³-hybridized carbons (Fsp3) is 0.667. The molecule has 0 amide bonds. The van der Waals surface area contributed by atoms with Gasteiger partial charge in [-0.3, -0.25) is 4.99 Å². The highest BCUT2D eigenvalue weighted by Crippen LogP contribution is 2.47. The molecule has 2 atom stereocenters. The third-order valence-corrected chi connectivity index (χ3v) is 6.13. The van der Waals surface area contributed by atoms with E-state index in [9.17, 15) is 0 Å². The van der Waals surface area contributed by atoms with Gasteiger partial charge in [0.1, 0.15) is 11.9 Å². The van der Waals surface area contributed by atoms with Crippen molar-refractivity contribution in [3.05, 3.63) is 29.8 Å². The smallest absolute Gasteiger partial charge is 0.193 e. The zero-order valence-corrected chi connectivity index (χ0v) is 16.4. The normalized spacial score (nSPS) is 27.5. The molecule has 3 aliphatic rings. The van der Waals surface area contributed by atoms with E-state index in [0.717, 1.165) is 57.4 Å². The van der Waals surface area contributed by atoms with Gasteiger partial charge in [0.25, 0.3) is 0 Å². The lowest BCUT2D eigenvalue weighted by atomic mass is 9.96. The predicted octanol–water partition coefficient (Wildman–Crippen LogP) is 2.18. The zero-order valence-electron chi connectivity index (χ0n) is 16.4. The molecule has 1 saturated carbocycles. The van der Waals surface area contributed by atoms with Crippen LogP contribution < -0.4 is 10.1 Å². The lowest BCUT2D eigenvalue weighted by Gasteiger charge is -2.37. The highest BCUT2D eigenvalue weighted by Gasteiger charge is 2.44. The molecule has 1 N–H and O–H groups in total. The molecule has 1 aromatic carbocycles. The van der Waals surface area contributed by atoms with Crippen molar-refractivity contribution in [3.63, 3.8) is 0 Å². The molecule has 2 saturated heterocycles. The number of hydrogen-bond acceptors (Lipinski definition) is 4. The van der Waals surface area contributed by atoms with Gasteiger partial charge in [0, 0.05) is 38.7 Å². The number of nitrogens with one attached hydrogen (secondary N) is 1. The SMILES string of the molecule is CN=C(NCC1(c2ccc(OC)cc2)CC1)N1CCOC(C2CCCO2)C1. The van der Waals surface area contributed by atoms with Crippen molar-refractivity contribution >= 4 is 5.96 Å². The summed E-state index contributed by atoms with van der Waals surface area (Å²) in [5.74, 6) is 1.88. The van der Waals surface area contributed by atoms with Gasteiger partial charge >= 0.3 is 0 Å². The van der Waals surface area contributed by atoms with E-state index in [-0.39, 0.29) is 17.6 Å². The minimum absolute atomic E-state index is 0.149. The number of guanidine groups is 1. The second-order valence-electron chi connectivity index (χ2n) is 7.82. The summed E-state index contributed by atoms with van der Waals surface area (Å²) in [6.45, 7) is 4.23. The van der Waals surface area contributed by atoms with Gasteiger partial charge in [-0.15, -0.1) is 0 Å². The summed E-state index contributed by atoms with van der Waals surface area (Å²) in [7, 11) is 3.57. The Labute approximate surface area is 161 Å². The van der Waals surface area contributed by atoms with Crippen molar-refractivity contribution in [1.82, 2.24) is 10.2 Å².